The van der Waals surface area contributed by atoms with Crippen LogP contribution in [0.1, 0.15) is 42.1 Å². The maximum Gasteiger partial charge on any atom is 0.216 e. The lowest BCUT2D eigenvalue weighted by atomic mass is 10.2. The van der Waals surface area contributed by atoms with Crippen molar-refractivity contribution in [3.05, 3.63) is 80.9 Å². The van der Waals surface area contributed by atoms with Gasteiger partial charge in [-0.05, 0) is 41.9 Å². The lowest BCUT2D eigenvalue weighted by molar-refractivity contribution is 0.306. The highest BCUT2D eigenvalue weighted by Gasteiger charge is 2.39. The van der Waals surface area contributed by atoms with Gasteiger partial charge in [0, 0.05) is 22.4 Å². The molecule has 0 N–H and O–H groups in total. The van der Waals surface area contributed by atoms with Crippen molar-refractivity contribution in [2.75, 3.05) is 5.01 Å². The maximum atomic E-state index is 6.22. The summed E-state index contributed by atoms with van der Waals surface area (Å²) in [5.74, 6) is 1.87. The monoisotopic (exact) mass is 456 g/mol. The van der Waals surface area contributed by atoms with Gasteiger partial charge in [-0.25, -0.2) is 4.68 Å². The van der Waals surface area contributed by atoms with Gasteiger partial charge in [-0.2, -0.15) is 0 Å². The number of unbranched alkanes of at least 4 members (excludes halogenated alkanes) is 1. The van der Waals surface area contributed by atoms with Gasteiger partial charge < -0.3 is 4.74 Å². The molecule has 2 aromatic carbocycles. The number of thioether (sulfide) groups is 2. The van der Waals surface area contributed by atoms with E-state index in [1.54, 1.807) is 11.8 Å². The van der Waals surface area contributed by atoms with Crippen LogP contribution in [0.25, 0.3) is 0 Å². The smallest absolute Gasteiger partial charge is 0.216 e. The molecule has 2 aliphatic rings. The van der Waals surface area contributed by atoms with E-state index in [2.05, 4.69) is 44.3 Å². The van der Waals surface area contributed by atoms with Crippen molar-refractivity contribution in [1.82, 2.24) is 14.9 Å². The molecule has 5 rings (SSSR count). The van der Waals surface area contributed by atoms with E-state index >= 15 is 0 Å². The van der Waals surface area contributed by atoms with Crippen LogP contribution in [0.4, 0.5) is 0 Å². The molecule has 0 saturated carbocycles. The lowest BCUT2D eigenvalue weighted by Crippen LogP contribution is -2.30. The van der Waals surface area contributed by atoms with Gasteiger partial charge in [0.15, 0.2) is 5.82 Å². The topological polar surface area (TPSA) is 43.2 Å². The van der Waals surface area contributed by atoms with E-state index in [1.165, 1.54) is 10.6 Å². The van der Waals surface area contributed by atoms with E-state index in [9.17, 15) is 0 Å². The zero-order valence-electron chi connectivity index (χ0n) is 16.5. The van der Waals surface area contributed by atoms with Crippen LogP contribution in [0.15, 0.2) is 64.1 Å². The first-order chi connectivity index (χ1) is 14.7. The predicted molar refractivity (Wildman–Crippen MR) is 123 cm³/mol. The first-order valence-corrected chi connectivity index (χ1v) is 12.1. The molecule has 30 heavy (non-hydrogen) atoms. The Morgan fingerprint density at radius 1 is 1.10 bits per heavy atom. The van der Waals surface area contributed by atoms with Gasteiger partial charge in [0.05, 0.1) is 0 Å². The second kappa shape index (κ2) is 8.57. The number of rotatable bonds is 7. The molecule has 1 aromatic heterocycles. The average molecular weight is 457 g/mol. The molecular weight excluding hydrogens is 436 g/mol. The standard InChI is InChI=1S/C22H21ClN4OS2/c1-2-3-8-19-24-25-22-26(19)27-20(30-22)14-29-21(27)15-9-11-17(12-10-15)28-13-16-6-4-5-7-18(16)23/h4-7,9-12,14,21H,2-3,8,13H2,1H3. The minimum absolute atomic E-state index is 0.169. The van der Waals surface area contributed by atoms with Crippen LogP contribution in [0.5, 0.6) is 5.75 Å². The average Bonchev–Trinajstić information content (AvgIpc) is 3.44. The van der Waals surface area contributed by atoms with Crippen LogP contribution in [-0.4, -0.2) is 14.9 Å². The Hall–Kier alpha value is -2.09. The van der Waals surface area contributed by atoms with E-state index in [0.717, 1.165) is 46.6 Å². The van der Waals surface area contributed by atoms with E-state index in [-0.39, 0.29) is 5.37 Å². The predicted octanol–water partition coefficient (Wildman–Crippen LogP) is 6.14. The van der Waals surface area contributed by atoms with Crippen molar-refractivity contribution in [3.8, 4) is 5.75 Å². The minimum atomic E-state index is 0.169. The van der Waals surface area contributed by atoms with Gasteiger partial charge in [-0.15, -0.1) is 10.2 Å². The summed E-state index contributed by atoms with van der Waals surface area (Å²) in [4.78, 5) is 0. The molecule has 1 unspecified atom stereocenters. The first kappa shape index (κ1) is 19.8. The van der Waals surface area contributed by atoms with Crippen molar-refractivity contribution >= 4 is 35.1 Å². The number of hydrogen-bond acceptors (Lipinski definition) is 6. The molecule has 0 spiro atoms. The van der Waals surface area contributed by atoms with Gasteiger partial charge >= 0.3 is 0 Å². The fourth-order valence-corrected chi connectivity index (χ4v) is 5.95. The van der Waals surface area contributed by atoms with E-state index < -0.39 is 0 Å². The van der Waals surface area contributed by atoms with Crippen LogP contribution in [0.3, 0.4) is 0 Å². The van der Waals surface area contributed by atoms with Gasteiger partial charge in [-0.3, -0.25) is 5.01 Å². The third kappa shape index (κ3) is 3.70. The SMILES string of the molecule is CCCCc1nnc2n1N1C(=CSC1c1ccc(OCc3ccccc3Cl)cc1)S2. The Kier molecular flexibility index (Phi) is 5.67. The van der Waals surface area contributed by atoms with Gasteiger partial charge in [0.2, 0.25) is 5.16 Å². The minimum Gasteiger partial charge on any atom is -0.489 e. The van der Waals surface area contributed by atoms with Crippen LogP contribution in [0, 0.1) is 0 Å². The highest BCUT2D eigenvalue weighted by atomic mass is 35.5. The highest BCUT2D eigenvalue weighted by molar-refractivity contribution is 8.07. The lowest BCUT2D eigenvalue weighted by Gasteiger charge is -2.26. The molecule has 0 saturated heterocycles. The largest absolute Gasteiger partial charge is 0.489 e. The van der Waals surface area contributed by atoms with E-state index in [1.807, 2.05) is 48.2 Å². The number of aromatic nitrogens is 3. The molecule has 0 radical (unpaired) electrons. The van der Waals surface area contributed by atoms with Gasteiger partial charge in [0.1, 0.15) is 22.8 Å². The Morgan fingerprint density at radius 3 is 2.73 bits per heavy atom. The fraction of sp³-hybridized carbons (Fsp3) is 0.273. The number of hydrogen-bond donors (Lipinski definition) is 0. The van der Waals surface area contributed by atoms with Gasteiger partial charge in [0.25, 0.3) is 0 Å². The van der Waals surface area contributed by atoms with Crippen LogP contribution < -0.4 is 9.75 Å². The number of ether oxygens (including phenoxy) is 1. The fourth-order valence-electron chi connectivity index (χ4n) is 3.51. The summed E-state index contributed by atoms with van der Waals surface area (Å²) in [7, 11) is 0. The Bertz CT molecular complexity index is 1080. The Labute approximate surface area is 189 Å². The van der Waals surface area contributed by atoms with E-state index in [4.69, 9.17) is 16.3 Å². The molecule has 3 heterocycles. The zero-order chi connectivity index (χ0) is 20.5. The molecule has 0 fully saturated rings. The van der Waals surface area contributed by atoms with Crippen LogP contribution >= 0.6 is 35.1 Å². The Morgan fingerprint density at radius 2 is 1.93 bits per heavy atom. The molecule has 0 amide bonds. The summed E-state index contributed by atoms with van der Waals surface area (Å²) in [6.07, 6.45) is 3.21. The number of aryl methyl sites for hydroxylation is 1. The molecule has 2 aliphatic heterocycles. The molecule has 154 valence electrons. The number of fused-ring (bicyclic) bond motifs is 3. The first-order valence-electron chi connectivity index (χ1n) is 9.98. The van der Waals surface area contributed by atoms with Crippen molar-refractivity contribution in [1.29, 1.82) is 0 Å². The summed E-state index contributed by atoms with van der Waals surface area (Å²) in [5, 5.41) is 16.4. The summed E-state index contributed by atoms with van der Waals surface area (Å²) in [6, 6.07) is 16.1. The second-order valence-corrected chi connectivity index (χ2v) is 9.50. The molecule has 3 aromatic rings. The van der Waals surface area contributed by atoms with Crippen molar-refractivity contribution in [3.63, 3.8) is 0 Å². The van der Waals surface area contributed by atoms with Gasteiger partial charge in [-0.1, -0.05) is 67.0 Å². The summed E-state index contributed by atoms with van der Waals surface area (Å²) in [6.45, 7) is 2.65. The summed E-state index contributed by atoms with van der Waals surface area (Å²) >= 11 is 9.72. The van der Waals surface area contributed by atoms with Crippen molar-refractivity contribution < 1.29 is 4.74 Å². The molecule has 0 aliphatic carbocycles. The molecule has 8 heteroatoms. The Balaban J connectivity index is 1.32. The molecular formula is C22H21ClN4OS2. The normalized spacial score (nSPS) is 17.1. The second-order valence-electron chi connectivity index (χ2n) is 7.15. The quantitative estimate of drug-likeness (QED) is 0.425. The molecule has 5 nitrogen and oxygen atoms in total. The number of benzene rings is 2. The highest BCUT2D eigenvalue weighted by Crippen LogP contribution is 2.51. The summed E-state index contributed by atoms with van der Waals surface area (Å²) < 4.78 is 8.13. The third-order valence-electron chi connectivity index (χ3n) is 5.11. The van der Waals surface area contributed by atoms with Crippen molar-refractivity contribution in [2.45, 2.75) is 43.3 Å². The van der Waals surface area contributed by atoms with Crippen molar-refractivity contribution in [2.24, 2.45) is 0 Å². The maximum absolute atomic E-state index is 6.22. The third-order valence-corrected chi connectivity index (χ3v) is 7.66. The van der Waals surface area contributed by atoms with Crippen LogP contribution in [0.2, 0.25) is 5.02 Å². The zero-order valence-corrected chi connectivity index (χ0v) is 18.9. The summed E-state index contributed by atoms with van der Waals surface area (Å²) in [5.41, 5.74) is 2.21. The number of nitrogens with zero attached hydrogens (tertiary/aromatic N) is 4. The molecule has 1 atom stereocenters. The van der Waals surface area contributed by atoms with E-state index in [0.29, 0.717) is 6.61 Å². The number of halogens is 1. The molecule has 0 bridgehead atoms. The van der Waals surface area contributed by atoms with Crippen LogP contribution in [-0.2, 0) is 13.0 Å².